The Hall–Kier alpha value is -1.10. The molecule has 1 aromatic heterocycles. The minimum atomic E-state index is -3.83. The van der Waals surface area contributed by atoms with E-state index in [0.29, 0.717) is 0 Å². The van der Waals surface area contributed by atoms with Crippen molar-refractivity contribution in [3.05, 3.63) is 24.0 Å². The number of rotatable bonds is 7. The SMILES string of the molecule is CS(=O)(=O)CCCNS(=O)(=O)c1cccnc1C(N)=S. The minimum absolute atomic E-state index is 0.00106. The van der Waals surface area contributed by atoms with E-state index in [-0.39, 0.29) is 34.3 Å². The average molecular weight is 337 g/mol. The van der Waals surface area contributed by atoms with Crippen molar-refractivity contribution < 1.29 is 16.8 Å². The van der Waals surface area contributed by atoms with Crippen LogP contribution in [-0.4, -0.2) is 45.4 Å². The molecule has 0 aliphatic carbocycles. The monoisotopic (exact) mass is 337 g/mol. The first kappa shape index (κ1) is 17.0. The lowest BCUT2D eigenvalue weighted by molar-refractivity contribution is 0.577. The van der Waals surface area contributed by atoms with Gasteiger partial charge in [-0.15, -0.1) is 0 Å². The fourth-order valence-electron chi connectivity index (χ4n) is 1.41. The molecule has 0 saturated carbocycles. The van der Waals surface area contributed by atoms with Gasteiger partial charge in [-0.05, 0) is 18.6 Å². The third-order valence-electron chi connectivity index (χ3n) is 2.28. The molecule has 0 radical (unpaired) electrons. The molecular formula is C10H15N3O4S3. The van der Waals surface area contributed by atoms with Crippen LogP contribution in [0.15, 0.2) is 23.2 Å². The van der Waals surface area contributed by atoms with E-state index in [2.05, 4.69) is 9.71 Å². The van der Waals surface area contributed by atoms with Crippen molar-refractivity contribution in [1.82, 2.24) is 9.71 Å². The first-order valence-electron chi connectivity index (χ1n) is 5.56. The number of aromatic nitrogens is 1. The van der Waals surface area contributed by atoms with Crippen LogP contribution in [0.5, 0.6) is 0 Å². The summed E-state index contributed by atoms with van der Waals surface area (Å²) in [6.45, 7) is 0.00106. The lowest BCUT2D eigenvalue weighted by Gasteiger charge is -2.09. The second-order valence-electron chi connectivity index (χ2n) is 4.10. The zero-order valence-corrected chi connectivity index (χ0v) is 13.2. The maximum absolute atomic E-state index is 12.1. The quantitative estimate of drug-likeness (QED) is 0.505. The van der Waals surface area contributed by atoms with Crippen molar-refractivity contribution in [1.29, 1.82) is 0 Å². The van der Waals surface area contributed by atoms with Crippen molar-refractivity contribution in [3.63, 3.8) is 0 Å². The third-order valence-corrected chi connectivity index (χ3v) is 4.99. The van der Waals surface area contributed by atoms with Gasteiger partial charge in [0.15, 0.2) is 0 Å². The van der Waals surface area contributed by atoms with Crippen LogP contribution < -0.4 is 10.5 Å². The third kappa shape index (κ3) is 5.12. The Morgan fingerprint density at radius 2 is 2.05 bits per heavy atom. The fourth-order valence-corrected chi connectivity index (χ4v) is 3.55. The van der Waals surface area contributed by atoms with Gasteiger partial charge < -0.3 is 5.73 Å². The molecule has 0 aliphatic rings. The fraction of sp³-hybridized carbons (Fsp3) is 0.400. The van der Waals surface area contributed by atoms with Gasteiger partial charge in [0.25, 0.3) is 0 Å². The van der Waals surface area contributed by atoms with Gasteiger partial charge in [0.1, 0.15) is 25.4 Å². The molecule has 20 heavy (non-hydrogen) atoms. The molecular weight excluding hydrogens is 322 g/mol. The Bertz CT molecular complexity index is 698. The Labute approximate surface area is 123 Å². The van der Waals surface area contributed by atoms with E-state index in [4.69, 9.17) is 18.0 Å². The van der Waals surface area contributed by atoms with Crippen molar-refractivity contribution in [2.75, 3.05) is 18.6 Å². The molecule has 7 nitrogen and oxygen atoms in total. The van der Waals surface area contributed by atoms with Gasteiger partial charge in [-0.25, -0.2) is 21.6 Å². The predicted molar refractivity (Wildman–Crippen MR) is 79.6 cm³/mol. The van der Waals surface area contributed by atoms with E-state index < -0.39 is 19.9 Å². The summed E-state index contributed by atoms with van der Waals surface area (Å²) >= 11 is 4.75. The highest BCUT2D eigenvalue weighted by atomic mass is 32.2. The lowest BCUT2D eigenvalue weighted by atomic mass is 10.3. The second kappa shape index (κ2) is 6.57. The van der Waals surface area contributed by atoms with Crippen molar-refractivity contribution in [3.8, 4) is 0 Å². The van der Waals surface area contributed by atoms with E-state index in [0.717, 1.165) is 6.26 Å². The van der Waals surface area contributed by atoms with Crippen molar-refractivity contribution >= 4 is 37.1 Å². The van der Waals surface area contributed by atoms with Crippen LogP contribution in [0.4, 0.5) is 0 Å². The topological polar surface area (TPSA) is 119 Å². The number of pyridine rings is 1. The largest absolute Gasteiger partial charge is 0.388 e. The Kier molecular flexibility index (Phi) is 5.57. The first-order valence-corrected chi connectivity index (χ1v) is 9.51. The Balaban J connectivity index is 2.82. The van der Waals surface area contributed by atoms with Gasteiger partial charge in [0.2, 0.25) is 10.0 Å². The molecule has 0 atom stereocenters. The van der Waals surface area contributed by atoms with E-state index in [1.165, 1.54) is 18.3 Å². The maximum Gasteiger partial charge on any atom is 0.242 e. The molecule has 0 unspecified atom stereocenters. The number of sulfonamides is 1. The Morgan fingerprint density at radius 3 is 2.60 bits per heavy atom. The molecule has 1 rings (SSSR count). The van der Waals surface area contributed by atoms with Gasteiger partial charge >= 0.3 is 0 Å². The van der Waals surface area contributed by atoms with Crippen molar-refractivity contribution in [2.45, 2.75) is 11.3 Å². The summed E-state index contributed by atoms with van der Waals surface area (Å²) in [6.07, 6.45) is 2.66. The standard InChI is InChI=1S/C10H15N3O4S3/c1-19(14,15)7-3-6-13-20(16,17)8-4-2-5-12-9(8)10(11)18/h2,4-5,13H,3,6-7H2,1H3,(H2,11,18). The maximum atomic E-state index is 12.1. The lowest BCUT2D eigenvalue weighted by Crippen LogP contribution is -2.29. The second-order valence-corrected chi connectivity index (χ2v) is 8.53. The van der Waals surface area contributed by atoms with Gasteiger partial charge in [0, 0.05) is 19.0 Å². The van der Waals surface area contributed by atoms with Crippen LogP contribution in [0, 0.1) is 0 Å². The smallest absolute Gasteiger partial charge is 0.242 e. The first-order chi connectivity index (χ1) is 9.13. The summed E-state index contributed by atoms with van der Waals surface area (Å²) in [5, 5.41) is 0. The van der Waals surface area contributed by atoms with Gasteiger partial charge in [-0.1, -0.05) is 12.2 Å². The molecule has 0 aliphatic heterocycles. The van der Waals surface area contributed by atoms with E-state index in [1.54, 1.807) is 0 Å². The van der Waals surface area contributed by atoms with Gasteiger partial charge in [-0.3, -0.25) is 4.98 Å². The zero-order chi connectivity index (χ0) is 15.4. The number of nitrogens with zero attached hydrogens (tertiary/aromatic N) is 1. The summed E-state index contributed by atoms with van der Waals surface area (Å²) in [5.74, 6) is -0.0925. The van der Waals surface area contributed by atoms with Crippen LogP contribution in [-0.2, 0) is 19.9 Å². The molecule has 0 bridgehead atoms. The Morgan fingerprint density at radius 1 is 1.40 bits per heavy atom. The number of sulfone groups is 1. The highest BCUT2D eigenvalue weighted by Gasteiger charge is 2.20. The molecule has 1 heterocycles. The number of nitrogens with one attached hydrogen (secondary N) is 1. The predicted octanol–water partition coefficient (Wildman–Crippen LogP) is -0.571. The highest BCUT2D eigenvalue weighted by molar-refractivity contribution is 7.90. The van der Waals surface area contributed by atoms with Gasteiger partial charge in [0.05, 0.1) is 5.75 Å². The molecule has 10 heteroatoms. The molecule has 0 spiro atoms. The van der Waals surface area contributed by atoms with Crippen LogP contribution >= 0.6 is 12.2 Å². The van der Waals surface area contributed by atoms with Crippen LogP contribution in [0.3, 0.4) is 0 Å². The summed E-state index contributed by atoms with van der Waals surface area (Å²) < 4.78 is 48.3. The number of thiocarbonyl (C=S) groups is 1. The van der Waals surface area contributed by atoms with E-state index in [1.807, 2.05) is 0 Å². The zero-order valence-electron chi connectivity index (χ0n) is 10.7. The molecule has 112 valence electrons. The number of hydrogen-bond donors (Lipinski definition) is 2. The van der Waals surface area contributed by atoms with Crippen molar-refractivity contribution in [2.24, 2.45) is 5.73 Å². The summed E-state index contributed by atoms with van der Waals surface area (Å²) in [7, 11) is -6.94. The molecule has 1 aromatic rings. The molecule has 3 N–H and O–H groups in total. The van der Waals surface area contributed by atoms with Crippen LogP contribution in [0.1, 0.15) is 12.1 Å². The minimum Gasteiger partial charge on any atom is -0.388 e. The van der Waals surface area contributed by atoms with E-state index >= 15 is 0 Å². The molecule has 0 amide bonds. The molecule has 0 saturated heterocycles. The van der Waals surface area contributed by atoms with Crippen LogP contribution in [0.25, 0.3) is 0 Å². The number of hydrogen-bond acceptors (Lipinski definition) is 6. The van der Waals surface area contributed by atoms with Crippen LogP contribution in [0.2, 0.25) is 0 Å². The van der Waals surface area contributed by atoms with E-state index in [9.17, 15) is 16.8 Å². The highest BCUT2D eigenvalue weighted by Crippen LogP contribution is 2.12. The normalized spacial score (nSPS) is 12.2. The molecule has 0 aromatic carbocycles. The average Bonchev–Trinajstić information content (AvgIpc) is 2.33. The molecule has 0 fully saturated rings. The summed E-state index contributed by atoms with van der Waals surface area (Å²) in [5.41, 5.74) is 5.43. The number of nitrogens with two attached hydrogens (primary N) is 1. The van der Waals surface area contributed by atoms with Gasteiger partial charge in [-0.2, -0.15) is 0 Å². The summed E-state index contributed by atoms with van der Waals surface area (Å²) in [4.78, 5) is 3.59. The summed E-state index contributed by atoms with van der Waals surface area (Å²) in [6, 6.07) is 2.78.